The average molecular weight is 314 g/mol. The number of halogens is 1. The number of allylic oxidation sites excluding steroid dienone is 3. The number of amides is 1. The minimum atomic E-state index is -1.76. The third-order valence-corrected chi connectivity index (χ3v) is 4.09. The number of ether oxygens (including phenoxy) is 2. The molecular formula is C15H20ClNO4. The lowest BCUT2D eigenvalue weighted by molar-refractivity contribution is -0.149. The minimum Gasteiger partial charge on any atom is -0.497 e. The number of methoxy groups -OCH3 is 2. The van der Waals surface area contributed by atoms with Gasteiger partial charge in [0.15, 0.2) is 0 Å². The number of likely N-dealkylation sites (tertiary alicyclic amines) is 1. The quantitative estimate of drug-likeness (QED) is 0.256. The summed E-state index contributed by atoms with van der Waals surface area (Å²) >= 11 is 6.30. The minimum absolute atomic E-state index is 0.304. The highest BCUT2D eigenvalue weighted by Gasteiger charge is 2.59. The molecule has 0 aromatic heterocycles. The highest BCUT2D eigenvalue weighted by Crippen LogP contribution is 2.40. The summed E-state index contributed by atoms with van der Waals surface area (Å²) in [6, 6.07) is 0. The van der Waals surface area contributed by atoms with Crippen molar-refractivity contribution in [2.75, 3.05) is 27.8 Å². The summed E-state index contributed by atoms with van der Waals surface area (Å²) in [6.45, 7) is 6.05. The molecule has 0 aliphatic carbocycles. The van der Waals surface area contributed by atoms with Crippen molar-refractivity contribution in [1.82, 2.24) is 4.90 Å². The van der Waals surface area contributed by atoms with Gasteiger partial charge in [0, 0.05) is 19.5 Å². The van der Waals surface area contributed by atoms with Gasteiger partial charge < -0.3 is 14.4 Å². The van der Waals surface area contributed by atoms with Crippen molar-refractivity contribution in [2.24, 2.45) is 5.92 Å². The lowest BCUT2D eigenvalue weighted by Crippen LogP contribution is -2.46. The van der Waals surface area contributed by atoms with Gasteiger partial charge in [-0.3, -0.25) is 4.79 Å². The average Bonchev–Trinajstić information content (AvgIpc) is 2.72. The number of carbonyl (C=O) groups excluding carboxylic acids is 2. The van der Waals surface area contributed by atoms with E-state index >= 15 is 0 Å². The van der Waals surface area contributed by atoms with Crippen molar-refractivity contribution in [2.45, 2.75) is 11.8 Å². The van der Waals surface area contributed by atoms with Crippen LogP contribution in [0.25, 0.3) is 0 Å². The maximum atomic E-state index is 12.2. The molecule has 1 aliphatic rings. The van der Waals surface area contributed by atoms with Gasteiger partial charge in [0.05, 0.1) is 14.2 Å². The summed E-state index contributed by atoms with van der Waals surface area (Å²) in [5.41, 5.74) is 0.560. The molecule has 0 saturated carbocycles. The van der Waals surface area contributed by atoms with Gasteiger partial charge in [0.1, 0.15) is 5.76 Å². The fourth-order valence-corrected chi connectivity index (χ4v) is 2.68. The van der Waals surface area contributed by atoms with Crippen LogP contribution >= 0.6 is 11.6 Å². The van der Waals surface area contributed by atoms with Gasteiger partial charge in [0.25, 0.3) is 5.91 Å². The van der Waals surface area contributed by atoms with Gasteiger partial charge in [-0.05, 0) is 24.6 Å². The Hall–Kier alpha value is -1.75. The molecule has 0 aromatic carbocycles. The summed E-state index contributed by atoms with van der Waals surface area (Å²) in [7, 11) is 4.35. The number of hydrogen-bond donors (Lipinski definition) is 0. The predicted molar refractivity (Wildman–Crippen MR) is 80.8 cm³/mol. The molecule has 1 rings (SSSR count). The number of rotatable bonds is 5. The van der Waals surface area contributed by atoms with Crippen LogP contribution in [0.4, 0.5) is 0 Å². The number of esters is 1. The smallest absolute Gasteiger partial charge is 0.337 e. The van der Waals surface area contributed by atoms with E-state index in [2.05, 4.69) is 11.3 Å². The zero-order chi connectivity index (χ0) is 16.2. The number of alkyl halides is 1. The van der Waals surface area contributed by atoms with E-state index in [0.29, 0.717) is 17.9 Å². The molecular weight excluding hydrogens is 294 g/mol. The van der Waals surface area contributed by atoms with Crippen molar-refractivity contribution in [3.63, 3.8) is 0 Å². The van der Waals surface area contributed by atoms with Gasteiger partial charge >= 0.3 is 5.97 Å². The molecule has 0 bridgehead atoms. The van der Waals surface area contributed by atoms with Crippen LogP contribution in [0.5, 0.6) is 0 Å². The Balaban J connectivity index is 3.07. The predicted octanol–water partition coefficient (Wildman–Crippen LogP) is 1.89. The van der Waals surface area contributed by atoms with E-state index in [0.717, 1.165) is 0 Å². The molecule has 0 aromatic rings. The second kappa shape index (κ2) is 6.80. The topological polar surface area (TPSA) is 55.8 Å². The summed E-state index contributed by atoms with van der Waals surface area (Å²) in [4.78, 5) is 23.8. The van der Waals surface area contributed by atoms with Gasteiger partial charge in [-0.1, -0.05) is 24.3 Å². The lowest BCUT2D eigenvalue weighted by atomic mass is 9.88. The molecule has 1 amide bonds. The first-order valence-electron chi connectivity index (χ1n) is 6.42. The first kappa shape index (κ1) is 17.3. The van der Waals surface area contributed by atoms with Crippen LogP contribution < -0.4 is 0 Å². The largest absolute Gasteiger partial charge is 0.497 e. The number of nitrogens with zero attached hydrogens (tertiary/aromatic N) is 1. The molecule has 1 fully saturated rings. The van der Waals surface area contributed by atoms with Crippen LogP contribution in [-0.4, -0.2) is 49.5 Å². The second-order valence-corrected chi connectivity index (χ2v) is 5.34. The highest BCUT2D eigenvalue weighted by molar-refractivity contribution is 6.46. The third kappa shape index (κ3) is 3.13. The van der Waals surface area contributed by atoms with E-state index in [1.807, 2.05) is 6.92 Å². The molecule has 1 aliphatic heterocycles. The molecule has 1 saturated heterocycles. The first-order chi connectivity index (χ1) is 9.82. The Bertz CT molecular complexity index is 512. The molecule has 6 heteroatoms. The van der Waals surface area contributed by atoms with Crippen molar-refractivity contribution in [3.8, 4) is 0 Å². The molecule has 0 spiro atoms. The Kier molecular flexibility index (Phi) is 5.61. The van der Waals surface area contributed by atoms with E-state index < -0.39 is 22.7 Å². The monoisotopic (exact) mass is 313 g/mol. The third-order valence-electron chi connectivity index (χ3n) is 3.51. The van der Waals surface area contributed by atoms with Gasteiger partial charge in [-0.25, -0.2) is 4.79 Å². The fraction of sp³-hybridized carbons (Fsp3) is 0.467. The van der Waals surface area contributed by atoms with E-state index in [-0.39, 0.29) is 0 Å². The van der Waals surface area contributed by atoms with E-state index in [9.17, 15) is 9.59 Å². The molecule has 21 heavy (non-hydrogen) atoms. The van der Waals surface area contributed by atoms with Gasteiger partial charge in [-0.2, -0.15) is 0 Å². The maximum Gasteiger partial charge on any atom is 0.337 e. The SMILES string of the molecule is C=C(/C=C\C(=C/C)OC)[C@@H]1CN(C)C(=O)C1(Cl)C(=O)OC. The van der Waals surface area contributed by atoms with E-state index in [1.165, 1.54) is 12.0 Å². The van der Waals surface area contributed by atoms with Gasteiger partial charge in [-0.15, -0.1) is 0 Å². The van der Waals surface area contributed by atoms with Crippen LogP contribution in [-0.2, 0) is 19.1 Å². The molecule has 1 unspecified atom stereocenters. The Morgan fingerprint density at radius 2 is 2.05 bits per heavy atom. The molecule has 116 valence electrons. The molecule has 0 N–H and O–H groups in total. The van der Waals surface area contributed by atoms with Crippen LogP contribution in [0.3, 0.4) is 0 Å². The lowest BCUT2D eigenvalue weighted by Gasteiger charge is -2.23. The van der Waals surface area contributed by atoms with Crippen molar-refractivity contribution >= 4 is 23.5 Å². The summed E-state index contributed by atoms with van der Waals surface area (Å²) in [6.07, 6.45) is 5.18. The fourth-order valence-electron chi connectivity index (χ4n) is 2.25. The normalized spacial score (nSPS) is 26.3. The summed E-state index contributed by atoms with van der Waals surface area (Å²) in [5.74, 6) is -1.16. The van der Waals surface area contributed by atoms with Crippen LogP contribution in [0, 0.1) is 5.92 Å². The van der Waals surface area contributed by atoms with Crippen LogP contribution in [0.1, 0.15) is 6.92 Å². The Morgan fingerprint density at radius 1 is 1.43 bits per heavy atom. The van der Waals surface area contributed by atoms with Crippen LogP contribution in [0.2, 0.25) is 0 Å². The van der Waals surface area contributed by atoms with E-state index in [4.69, 9.17) is 16.3 Å². The first-order valence-corrected chi connectivity index (χ1v) is 6.80. The van der Waals surface area contributed by atoms with E-state index in [1.54, 1.807) is 32.4 Å². The number of hydrogen-bond acceptors (Lipinski definition) is 4. The maximum absolute atomic E-state index is 12.2. The Morgan fingerprint density at radius 3 is 2.52 bits per heavy atom. The van der Waals surface area contributed by atoms with Crippen LogP contribution in [0.15, 0.2) is 36.1 Å². The molecule has 2 atom stereocenters. The zero-order valence-electron chi connectivity index (χ0n) is 12.7. The standard InChI is InChI=1S/C15H20ClNO4/c1-6-11(20-4)8-7-10(2)12-9-17(3)13(18)15(12,16)14(19)21-5/h6-8,12H,2,9H2,1,3-5H3/b8-7-,11-6+/t12-,15?/m0/s1. The summed E-state index contributed by atoms with van der Waals surface area (Å²) in [5, 5.41) is 0. The second-order valence-electron chi connectivity index (χ2n) is 4.75. The Labute approximate surface area is 129 Å². The highest BCUT2D eigenvalue weighted by atomic mass is 35.5. The van der Waals surface area contributed by atoms with Crippen molar-refractivity contribution in [3.05, 3.63) is 36.1 Å². The zero-order valence-corrected chi connectivity index (χ0v) is 13.4. The number of carbonyl (C=O) groups is 2. The molecule has 1 heterocycles. The molecule has 5 nitrogen and oxygen atoms in total. The van der Waals surface area contributed by atoms with Crippen molar-refractivity contribution < 1.29 is 19.1 Å². The van der Waals surface area contributed by atoms with Gasteiger partial charge in [0.2, 0.25) is 4.87 Å². The summed E-state index contributed by atoms with van der Waals surface area (Å²) < 4.78 is 9.79. The van der Waals surface area contributed by atoms with Crippen molar-refractivity contribution in [1.29, 1.82) is 0 Å². The molecule has 0 radical (unpaired) electrons.